The fraction of sp³-hybridized carbons (Fsp3) is 0.167. The van der Waals surface area contributed by atoms with Crippen LogP contribution < -0.4 is 15.7 Å². The van der Waals surface area contributed by atoms with E-state index in [1.807, 2.05) is 12.1 Å². The van der Waals surface area contributed by atoms with Crippen molar-refractivity contribution >= 4 is 38.3 Å². The van der Waals surface area contributed by atoms with Crippen LogP contribution in [0.4, 0.5) is 11.4 Å². The second kappa shape index (κ2) is 9.33. The van der Waals surface area contributed by atoms with Crippen molar-refractivity contribution in [3.63, 3.8) is 0 Å². The first kappa shape index (κ1) is 22.3. The van der Waals surface area contributed by atoms with Gasteiger partial charge in [-0.05, 0) is 66.9 Å². The Hall–Kier alpha value is -3.85. The lowest BCUT2D eigenvalue weighted by Crippen LogP contribution is -2.16. The molecule has 1 heterocycles. The Kier molecular flexibility index (Phi) is 6.32. The fourth-order valence-electron chi connectivity index (χ4n) is 3.45. The van der Waals surface area contributed by atoms with Gasteiger partial charge in [0.2, 0.25) is 0 Å². The fourth-order valence-corrected chi connectivity index (χ4v) is 4.56. The first-order chi connectivity index (χ1) is 15.8. The number of fused-ring (bicyclic) bond motifs is 1. The summed E-state index contributed by atoms with van der Waals surface area (Å²) < 4.78 is 28.3. The Labute approximate surface area is 191 Å². The molecule has 0 spiro atoms. The molecule has 0 unspecified atom stereocenters. The molecule has 1 aromatic heterocycles. The van der Waals surface area contributed by atoms with Crippen LogP contribution in [0, 0.1) is 0 Å². The Morgan fingerprint density at radius 2 is 1.64 bits per heavy atom. The van der Waals surface area contributed by atoms with Gasteiger partial charge in [0.25, 0.3) is 15.9 Å². The number of unbranched alkanes of at least 4 members (excludes halogenated alkanes) is 1. The summed E-state index contributed by atoms with van der Waals surface area (Å²) >= 11 is 0. The van der Waals surface area contributed by atoms with Gasteiger partial charge in [0.05, 0.1) is 15.9 Å². The first-order valence-corrected chi connectivity index (χ1v) is 12.1. The van der Waals surface area contributed by atoms with Crippen molar-refractivity contribution in [2.75, 3.05) is 10.0 Å². The minimum Gasteiger partial charge on any atom is -0.322 e. The maximum absolute atomic E-state index is 12.9. The van der Waals surface area contributed by atoms with Crippen molar-refractivity contribution in [2.45, 2.75) is 31.1 Å². The molecule has 0 saturated carbocycles. The van der Waals surface area contributed by atoms with Gasteiger partial charge in [0.15, 0.2) is 0 Å². The molecule has 1 amide bonds. The standard InChI is InChI=1S/C24H24N4O4S/c1-2-3-5-16-8-10-18(11-9-16)28-33(31,32)20-7-4-6-17(14-20)23(29)25-19-12-13-21-22(15-19)27-24(30)26-21/h4,6-15,28H,2-3,5H2,1H3,(H,25,29)(H2,26,27,30). The van der Waals surface area contributed by atoms with E-state index in [0.29, 0.717) is 22.4 Å². The topological polar surface area (TPSA) is 124 Å². The number of hydrogen-bond donors (Lipinski definition) is 4. The van der Waals surface area contributed by atoms with E-state index in [9.17, 15) is 18.0 Å². The number of carbonyl (C=O) groups is 1. The maximum atomic E-state index is 12.9. The zero-order valence-electron chi connectivity index (χ0n) is 18.0. The third-order valence-electron chi connectivity index (χ3n) is 5.21. The number of H-pyrrole nitrogens is 2. The molecule has 0 bridgehead atoms. The molecule has 0 aliphatic rings. The van der Waals surface area contributed by atoms with Gasteiger partial charge in [0.1, 0.15) is 0 Å². The summed E-state index contributed by atoms with van der Waals surface area (Å²) in [7, 11) is -3.87. The molecule has 170 valence electrons. The van der Waals surface area contributed by atoms with Crippen molar-refractivity contribution < 1.29 is 13.2 Å². The number of aromatic amines is 2. The van der Waals surface area contributed by atoms with E-state index in [4.69, 9.17) is 0 Å². The van der Waals surface area contributed by atoms with Crippen molar-refractivity contribution in [1.29, 1.82) is 0 Å². The number of anilines is 2. The number of rotatable bonds is 8. The second-order valence-electron chi connectivity index (χ2n) is 7.73. The predicted octanol–water partition coefficient (Wildman–Crippen LogP) is 4.25. The molecule has 9 heteroatoms. The highest BCUT2D eigenvalue weighted by Gasteiger charge is 2.17. The monoisotopic (exact) mass is 464 g/mol. The minimum atomic E-state index is -3.87. The summed E-state index contributed by atoms with van der Waals surface area (Å²) in [6.45, 7) is 2.12. The van der Waals surface area contributed by atoms with Crippen LogP contribution in [-0.2, 0) is 16.4 Å². The lowest BCUT2D eigenvalue weighted by atomic mass is 10.1. The van der Waals surface area contributed by atoms with Crippen LogP contribution in [0.25, 0.3) is 11.0 Å². The van der Waals surface area contributed by atoms with Crippen molar-refractivity contribution in [3.8, 4) is 0 Å². The summed E-state index contributed by atoms with van der Waals surface area (Å²) in [5.74, 6) is -0.468. The molecule has 33 heavy (non-hydrogen) atoms. The minimum absolute atomic E-state index is 0.0179. The molecule has 0 aliphatic carbocycles. The number of nitrogens with one attached hydrogen (secondary N) is 4. The van der Waals surface area contributed by atoms with Crippen LogP contribution in [0.3, 0.4) is 0 Å². The number of aromatic nitrogens is 2. The first-order valence-electron chi connectivity index (χ1n) is 10.6. The molecule has 4 aromatic rings. The third-order valence-corrected chi connectivity index (χ3v) is 6.58. The number of sulfonamides is 1. The number of hydrogen-bond acceptors (Lipinski definition) is 4. The lowest BCUT2D eigenvalue weighted by Gasteiger charge is -2.11. The predicted molar refractivity (Wildman–Crippen MR) is 129 cm³/mol. The number of imidazole rings is 1. The SMILES string of the molecule is CCCCc1ccc(NS(=O)(=O)c2cccc(C(=O)Nc3ccc4[nH]c(=O)[nH]c4c3)c2)cc1. The molecule has 8 nitrogen and oxygen atoms in total. The highest BCUT2D eigenvalue weighted by Crippen LogP contribution is 2.20. The number of aryl methyl sites for hydroxylation is 1. The van der Waals surface area contributed by atoms with E-state index in [1.165, 1.54) is 24.3 Å². The Bertz CT molecular complexity index is 1450. The normalized spacial score (nSPS) is 11.4. The van der Waals surface area contributed by atoms with Gasteiger partial charge in [-0.1, -0.05) is 31.5 Å². The smallest absolute Gasteiger partial charge is 0.322 e. The third kappa shape index (κ3) is 5.32. The van der Waals surface area contributed by atoms with Gasteiger partial charge >= 0.3 is 5.69 Å². The quantitative estimate of drug-likeness (QED) is 0.311. The van der Waals surface area contributed by atoms with Gasteiger partial charge in [-0.3, -0.25) is 9.52 Å². The number of carbonyl (C=O) groups excluding carboxylic acids is 1. The molecule has 0 saturated heterocycles. The Balaban J connectivity index is 1.49. The summed E-state index contributed by atoms with van der Waals surface area (Å²) in [5, 5.41) is 2.72. The van der Waals surface area contributed by atoms with Crippen LogP contribution in [0.1, 0.15) is 35.7 Å². The Morgan fingerprint density at radius 3 is 2.39 bits per heavy atom. The lowest BCUT2D eigenvalue weighted by molar-refractivity contribution is 0.102. The molecule has 4 N–H and O–H groups in total. The van der Waals surface area contributed by atoms with Crippen molar-refractivity contribution in [2.24, 2.45) is 0 Å². The van der Waals surface area contributed by atoms with E-state index in [-0.39, 0.29) is 16.1 Å². The van der Waals surface area contributed by atoms with Crippen molar-refractivity contribution in [1.82, 2.24) is 9.97 Å². The molecule has 0 aliphatic heterocycles. The summed E-state index contributed by atoms with van der Waals surface area (Å²) in [6, 6.07) is 18.0. The van der Waals surface area contributed by atoms with E-state index in [0.717, 1.165) is 24.8 Å². The van der Waals surface area contributed by atoms with Crippen LogP contribution in [0.5, 0.6) is 0 Å². The van der Waals surface area contributed by atoms with Gasteiger partial charge in [0, 0.05) is 16.9 Å². The average Bonchev–Trinajstić information content (AvgIpc) is 3.18. The molecule has 0 fully saturated rings. The van der Waals surface area contributed by atoms with E-state index in [1.54, 1.807) is 30.3 Å². The van der Waals surface area contributed by atoms with Gasteiger partial charge in [-0.2, -0.15) is 0 Å². The van der Waals surface area contributed by atoms with Crippen LogP contribution in [0.15, 0.2) is 76.4 Å². The Morgan fingerprint density at radius 1 is 0.909 bits per heavy atom. The molecule has 0 radical (unpaired) electrons. The van der Waals surface area contributed by atoms with Crippen LogP contribution >= 0.6 is 0 Å². The van der Waals surface area contributed by atoms with Crippen LogP contribution in [0.2, 0.25) is 0 Å². The molecular weight excluding hydrogens is 440 g/mol. The molecular formula is C24H24N4O4S. The number of amides is 1. The van der Waals surface area contributed by atoms with E-state index < -0.39 is 15.9 Å². The number of benzene rings is 3. The van der Waals surface area contributed by atoms with Gasteiger partial charge in [-0.25, -0.2) is 13.2 Å². The van der Waals surface area contributed by atoms with Crippen molar-refractivity contribution in [3.05, 3.63) is 88.3 Å². The zero-order valence-corrected chi connectivity index (χ0v) is 18.8. The second-order valence-corrected chi connectivity index (χ2v) is 9.41. The zero-order chi connectivity index (χ0) is 23.4. The van der Waals surface area contributed by atoms with E-state index in [2.05, 4.69) is 26.9 Å². The molecule has 0 atom stereocenters. The summed E-state index contributed by atoms with van der Waals surface area (Å²) in [4.78, 5) is 29.4. The van der Waals surface area contributed by atoms with Crippen LogP contribution in [-0.4, -0.2) is 24.3 Å². The van der Waals surface area contributed by atoms with E-state index >= 15 is 0 Å². The highest BCUT2D eigenvalue weighted by molar-refractivity contribution is 7.92. The molecule has 4 rings (SSSR count). The highest BCUT2D eigenvalue weighted by atomic mass is 32.2. The average molecular weight is 465 g/mol. The summed E-state index contributed by atoms with van der Waals surface area (Å²) in [5.41, 5.74) is 3.11. The van der Waals surface area contributed by atoms with Gasteiger partial charge < -0.3 is 15.3 Å². The maximum Gasteiger partial charge on any atom is 0.323 e. The molecule has 3 aromatic carbocycles. The van der Waals surface area contributed by atoms with Gasteiger partial charge in [-0.15, -0.1) is 0 Å². The largest absolute Gasteiger partial charge is 0.323 e. The summed E-state index contributed by atoms with van der Waals surface area (Å²) in [6.07, 6.45) is 3.13.